The van der Waals surface area contributed by atoms with E-state index in [1.807, 2.05) is 18.2 Å². The van der Waals surface area contributed by atoms with E-state index in [1.165, 1.54) is 34.2 Å². The van der Waals surface area contributed by atoms with Gasteiger partial charge in [-0.05, 0) is 54.7 Å². The molecule has 4 rings (SSSR count). The topological polar surface area (TPSA) is 75.7 Å². The average Bonchev–Trinajstić information content (AvgIpc) is 3.32. The van der Waals surface area contributed by atoms with E-state index in [0.29, 0.717) is 5.69 Å². The second-order valence-electron chi connectivity index (χ2n) is 7.35. The molecule has 0 bridgehead atoms. The Morgan fingerprint density at radius 1 is 1.14 bits per heavy atom. The van der Waals surface area contributed by atoms with Gasteiger partial charge >= 0.3 is 5.97 Å². The molecule has 1 fully saturated rings. The number of nitrogens with zero attached hydrogens (tertiary/aromatic N) is 1. The molecular weight excluding hydrogens is 375 g/mol. The summed E-state index contributed by atoms with van der Waals surface area (Å²) in [6.45, 7) is -0.397. The fraction of sp³-hybridized carbons (Fsp3) is 0.318. The van der Waals surface area contributed by atoms with Gasteiger partial charge in [0.25, 0.3) is 5.91 Å². The lowest BCUT2D eigenvalue weighted by molar-refractivity contribution is -0.151. The molecule has 2 aliphatic rings. The number of rotatable bonds is 5. The Labute approximate surface area is 167 Å². The zero-order valence-corrected chi connectivity index (χ0v) is 15.8. The summed E-state index contributed by atoms with van der Waals surface area (Å²) in [5.74, 6) is -2.67. The maximum absolute atomic E-state index is 13.9. The third kappa shape index (κ3) is 4.13. The molecule has 0 spiro atoms. The Morgan fingerprint density at radius 2 is 1.93 bits per heavy atom. The highest BCUT2D eigenvalue weighted by Gasteiger charge is 2.37. The summed E-state index contributed by atoms with van der Waals surface area (Å²) in [5, 5.41) is 2.73. The Balaban J connectivity index is 1.30. The van der Waals surface area contributed by atoms with Gasteiger partial charge < -0.3 is 15.0 Å². The molecule has 7 heteroatoms. The van der Waals surface area contributed by atoms with Crippen molar-refractivity contribution in [2.24, 2.45) is 5.92 Å². The first-order valence-corrected chi connectivity index (χ1v) is 9.64. The first-order chi connectivity index (χ1) is 14.0. The van der Waals surface area contributed by atoms with Crippen LogP contribution < -0.4 is 10.2 Å². The second-order valence-corrected chi connectivity index (χ2v) is 7.35. The fourth-order valence-electron chi connectivity index (χ4n) is 3.87. The smallest absolute Gasteiger partial charge is 0.311 e. The first-order valence-electron chi connectivity index (χ1n) is 9.64. The Kier molecular flexibility index (Phi) is 5.29. The van der Waals surface area contributed by atoms with E-state index in [1.54, 1.807) is 6.07 Å². The zero-order chi connectivity index (χ0) is 20.4. The number of aryl methyl sites for hydroxylation is 2. The van der Waals surface area contributed by atoms with Crippen LogP contribution in [-0.2, 0) is 32.0 Å². The van der Waals surface area contributed by atoms with Crippen molar-refractivity contribution in [3.63, 3.8) is 0 Å². The van der Waals surface area contributed by atoms with Crippen molar-refractivity contribution in [1.29, 1.82) is 0 Å². The average molecular weight is 396 g/mol. The Hall–Kier alpha value is -3.22. The van der Waals surface area contributed by atoms with Gasteiger partial charge in [-0.2, -0.15) is 0 Å². The summed E-state index contributed by atoms with van der Waals surface area (Å²) in [6.07, 6.45) is 3.11. The van der Waals surface area contributed by atoms with E-state index < -0.39 is 30.2 Å². The molecule has 0 saturated carbocycles. The molecule has 29 heavy (non-hydrogen) atoms. The number of hydrogen-bond donors (Lipinski definition) is 1. The highest BCUT2D eigenvalue weighted by molar-refractivity contribution is 6.00. The van der Waals surface area contributed by atoms with Crippen LogP contribution in [0.1, 0.15) is 24.0 Å². The van der Waals surface area contributed by atoms with Crippen LogP contribution in [0, 0.1) is 11.7 Å². The monoisotopic (exact) mass is 396 g/mol. The van der Waals surface area contributed by atoms with Crippen LogP contribution in [0.3, 0.4) is 0 Å². The number of carbonyl (C=O) groups is 3. The highest BCUT2D eigenvalue weighted by Crippen LogP contribution is 2.28. The number of nitrogens with one attached hydrogen (secondary N) is 1. The van der Waals surface area contributed by atoms with Crippen LogP contribution in [0.2, 0.25) is 0 Å². The molecule has 1 saturated heterocycles. The number of benzene rings is 2. The summed E-state index contributed by atoms with van der Waals surface area (Å²) in [5.41, 5.74) is 3.35. The molecule has 2 aromatic carbocycles. The van der Waals surface area contributed by atoms with Gasteiger partial charge in [0.2, 0.25) is 5.91 Å². The summed E-state index contributed by atoms with van der Waals surface area (Å²) in [6, 6.07) is 11.7. The van der Waals surface area contributed by atoms with E-state index in [-0.39, 0.29) is 24.6 Å². The van der Waals surface area contributed by atoms with Gasteiger partial charge in [0, 0.05) is 18.7 Å². The van der Waals surface area contributed by atoms with Gasteiger partial charge in [0.15, 0.2) is 6.61 Å². The molecule has 1 heterocycles. The van der Waals surface area contributed by atoms with Crippen LogP contribution >= 0.6 is 0 Å². The van der Waals surface area contributed by atoms with Crippen molar-refractivity contribution in [2.45, 2.75) is 25.7 Å². The van der Waals surface area contributed by atoms with Gasteiger partial charge in [0.1, 0.15) is 5.82 Å². The fourth-order valence-corrected chi connectivity index (χ4v) is 3.87. The minimum Gasteiger partial charge on any atom is -0.455 e. The Bertz CT molecular complexity index is 975. The van der Waals surface area contributed by atoms with Crippen molar-refractivity contribution >= 4 is 29.2 Å². The minimum absolute atomic E-state index is 0.0328. The number of amides is 2. The molecule has 1 aliphatic heterocycles. The number of ether oxygens (including phenoxy) is 1. The van der Waals surface area contributed by atoms with E-state index in [4.69, 9.17) is 4.74 Å². The molecule has 2 aromatic rings. The molecule has 0 unspecified atom stereocenters. The molecule has 6 nitrogen and oxygen atoms in total. The lowest BCUT2D eigenvalue weighted by Gasteiger charge is -2.17. The normalized spacial score (nSPS) is 17.9. The lowest BCUT2D eigenvalue weighted by atomic mass is 10.1. The lowest BCUT2D eigenvalue weighted by Crippen LogP contribution is -2.28. The van der Waals surface area contributed by atoms with Crippen LogP contribution in [0.25, 0.3) is 0 Å². The molecule has 0 aromatic heterocycles. The first kappa shape index (κ1) is 19.1. The Morgan fingerprint density at radius 3 is 2.76 bits per heavy atom. The van der Waals surface area contributed by atoms with E-state index >= 15 is 0 Å². The predicted molar refractivity (Wildman–Crippen MR) is 105 cm³/mol. The van der Waals surface area contributed by atoms with Crippen molar-refractivity contribution < 1.29 is 23.5 Å². The number of para-hydroxylation sites is 1. The third-order valence-electron chi connectivity index (χ3n) is 5.33. The molecule has 0 radical (unpaired) electrons. The van der Waals surface area contributed by atoms with Crippen molar-refractivity contribution in [3.8, 4) is 0 Å². The molecule has 2 amide bonds. The zero-order valence-electron chi connectivity index (χ0n) is 15.8. The van der Waals surface area contributed by atoms with Gasteiger partial charge in [-0.1, -0.05) is 18.2 Å². The summed E-state index contributed by atoms with van der Waals surface area (Å²) < 4.78 is 19.0. The summed E-state index contributed by atoms with van der Waals surface area (Å²) in [4.78, 5) is 37.8. The number of hydrogen-bond acceptors (Lipinski definition) is 4. The second kappa shape index (κ2) is 8.03. The van der Waals surface area contributed by atoms with Crippen molar-refractivity contribution in [3.05, 3.63) is 59.4 Å². The van der Waals surface area contributed by atoms with Crippen molar-refractivity contribution in [2.75, 3.05) is 23.4 Å². The maximum Gasteiger partial charge on any atom is 0.311 e. The molecule has 1 aliphatic carbocycles. The van der Waals surface area contributed by atoms with Crippen LogP contribution in [-0.4, -0.2) is 30.9 Å². The quantitative estimate of drug-likeness (QED) is 0.789. The van der Waals surface area contributed by atoms with Gasteiger partial charge in [-0.25, -0.2) is 4.39 Å². The minimum atomic E-state index is -0.727. The maximum atomic E-state index is 13.9. The highest BCUT2D eigenvalue weighted by atomic mass is 19.1. The molecule has 1 atom stereocenters. The summed E-state index contributed by atoms with van der Waals surface area (Å²) in [7, 11) is 0. The van der Waals surface area contributed by atoms with Crippen molar-refractivity contribution in [1.82, 2.24) is 0 Å². The molecular formula is C22H21FN2O4. The number of fused-ring (bicyclic) bond motifs is 1. The number of halogens is 1. The largest absolute Gasteiger partial charge is 0.455 e. The molecule has 150 valence electrons. The van der Waals surface area contributed by atoms with E-state index in [0.717, 1.165) is 19.3 Å². The van der Waals surface area contributed by atoms with Gasteiger partial charge in [-0.3, -0.25) is 14.4 Å². The van der Waals surface area contributed by atoms with Crippen LogP contribution in [0.15, 0.2) is 42.5 Å². The third-order valence-corrected chi connectivity index (χ3v) is 5.33. The number of esters is 1. The van der Waals surface area contributed by atoms with E-state index in [2.05, 4.69) is 5.32 Å². The predicted octanol–water partition coefficient (Wildman–Crippen LogP) is 2.85. The summed E-state index contributed by atoms with van der Waals surface area (Å²) >= 11 is 0. The standard InChI is InChI=1S/C22H21FN2O4/c23-18-6-1-2-7-19(18)25-12-16(11-21(25)27)22(28)29-13-20(26)24-17-9-8-14-4-3-5-15(14)10-17/h1-2,6-10,16H,3-5,11-13H2,(H,24,26)/t16-/m1/s1. The van der Waals surface area contributed by atoms with E-state index in [9.17, 15) is 18.8 Å². The SMILES string of the molecule is O=C(COC(=O)[C@@H]1CC(=O)N(c2ccccc2F)C1)Nc1ccc2c(c1)CCC2. The molecule has 1 N–H and O–H groups in total. The van der Waals surface area contributed by atoms with Crippen LogP contribution in [0.5, 0.6) is 0 Å². The number of anilines is 2. The van der Waals surface area contributed by atoms with Crippen LogP contribution in [0.4, 0.5) is 15.8 Å². The number of carbonyl (C=O) groups excluding carboxylic acids is 3. The van der Waals surface area contributed by atoms with Gasteiger partial charge in [-0.15, -0.1) is 0 Å². The van der Waals surface area contributed by atoms with Gasteiger partial charge in [0.05, 0.1) is 11.6 Å².